The fourth-order valence-corrected chi connectivity index (χ4v) is 2.81. The van der Waals surface area contributed by atoms with Crippen LogP contribution in [0.3, 0.4) is 0 Å². The number of nitrogens with zero attached hydrogens (tertiary/aromatic N) is 3. The van der Waals surface area contributed by atoms with Crippen LogP contribution in [0.25, 0.3) is 0 Å². The van der Waals surface area contributed by atoms with Gasteiger partial charge in [-0.05, 0) is 51.8 Å². The van der Waals surface area contributed by atoms with Crippen molar-refractivity contribution < 1.29 is 4.79 Å². The third kappa shape index (κ3) is 4.01. The maximum absolute atomic E-state index is 12.3. The number of aryl methyl sites for hydroxylation is 2. The first-order valence-electron chi connectivity index (χ1n) is 7.53. The predicted octanol–water partition coefficient (Wildman–Crippen LogP) is 4.01. The third-order valence-electron chi connectivity index (χ3n) is 3.56. The molecule has 1 aromatic carbocycles. The van der Waals surface area contributed by atoms with Crippen molar-refractivity contribution >= 4 is 23.3 Å². The molecule has 1 atom stereocenters. The van der Waals surface area contributed by atoms with Gasteiger partial charge in [0.15, 0.2) is 5.82 Å². The van der Waals surface area contributed by atoms with E-state index in [0.29, 0.717) is 16.5 Å². The van der Waals surface area contributed by atoms with Gasteiger partial charge in [-0.15, -0.1) is 10.2 Å². The lowest BCUT2D eigenvalue weighted by atomic mass is 10.1. The van der Waals surface area contributed by atoms with Crippen LogP contribution in [0.2, 0.25) is 5.02 Å². The van der Waals surface area contributed by atoms with E-state index in [-0.39, 0.29) is 18.1 Å². The average Bonchev–Trinajstić information content (AvgIpc) is 2.92. The Kier molecular flexibility index (Phi) is 5.26. The third-order valence-corrected chi connectivity index (χ3v) is 3.86. The molecule has 6 nitrogen and oxygen atoms in total. The zero-order chi connectivity index (χ0) is 17.1. The van der Waals surface area contributed by atoms with Gasteiger partial charge in [-0.1, -0.05) is 17.7 Å². The van der Waals surface area contributed by atoms with Gasteiger partial charge >= 0.3 is 6.03 Å². The highest BCUT2D eigenvalue weighted by Crippen LogP contribution is 2.27. The van der Waals surface area contributed by atoms with E-state index in [2.05, 4.69) is 20.8 Å². The van der Waals surface area contributed by atoms with Crippen LogP contribution in [0.4, 0.5) is 10.5 Å². The van der Waals surface area contributed by atoms with Gasteiger partial charge in [-0.3, -0.25) is 0 Å². The summed E-state index contributed by atoms with van der Waals surface area (Å²) < 4.78 is 1.93. The molecule has 0 saturated carbocycles. The van der Waals surface area contributed by atoms with Gasteiger partial charge in [0.1, 0.15) is 6.33 Å². The molecular weight excluding hydrogens is 314 g/mol. The molecule has 0 aliphatic rings. The molecule has 0 saturated heterocycles. The van der Waals surface area contributed by atoms with E-state index in [1.807, 2.05) is 51.3 Å². The Labute approximate surface area is 141 Å². The van der Waals surface area contributed by atoms with Crippen LogP contribution in [0.1, 0.15) is 49.8 Å². The quantitative estimate of drug-likeness (QED) is 0.886. The van der Waals surface area contributed by atoms with E-state index in [4.69, 9.17) is 11.6 Å². The van der Waals surface area contributed by atoms with Crippen molar-refractivity contribution in [1.29, 1.82) is 0 Å². The SMILES string of the molecule is Cc1cc(C)c(NC(=O)N[C@H](C)c2nncn2C(C)C)c(Cl)c1. The van der Waals surface area contributed by atoms with Crippen molar-refractivity contribution in [2.45, 2.75) is 46.7 Å². The molecule has 23 heavy (non-hydrogen) atoms. The molecule has 0 fully saturated rings. The molecule has 2 rings (SSSR count). The Morgan fingerprint density at radius 2 is 1.96 bits per heavy atom. The summed E-state index contributed by atoms with van der Waals surface area (Å²) in [6.45, 7) is 9.81. The van der Waals surface area contributed by atoms with E-state index in [1.165, 1.54) is 0 Å². The molecule has 1 aromatic heterocycles. The van der Waals surface area contributed by atoms with Crippen molar-refractivity contribution in [3.63, 3.8) is 0 Å². The number of halogens is 1. The zero-order valence-corrected chi connectivity index (χ0v) is 14.8. The summed E-state index contributed by atoms with van der Waals surface area (Å²) in [5, 5.41) is 14.2. The van der Waals surface area contributed by atoms with Crippen molar-refractivity contribution in [2.75, 3.05) is 5.32 Å². The van der Waals surface area contributed by atoms with Gasteiger partial charge in [0, 0.05) is 6.04 Å². The Hall–Kier alpha value is -2.08. The molecule has 0 aliphatic heterocycles. The van der Waals surface area contributed by atoms with Crippen LogP contribution in [0, 0.1) is 13.8 Å². The number of nitrogens with one attached hydrogen (secondary N) is 2. The van der Waals surface area contributed by atoms with Gasteiger partial charge < -0.3 is 15.2 Å². The predicted molar refractivity (Wildman–Crippen MR) is 91.9 cm³/mol. The first kappa shape index (κ1) is 17.3. The number of hydrogen-bond donors (Lipinski definition) is 2. The molecule has 0 unspecified atom stereocenters. The Morgan fingerprint density at radius 1 is 1.26 bits per heavy atom. The minimum atomic E-state index is -0.329. The van der Waals surface area contributed by atoms with Crippen LogP contribution in [-0.4, -0.2) is 20.8 Å². The maximum atomic E-state index is 12.3. The second-order valence-corrected chi connectivity index (χ2v) is 6.36. The molecule has 0 spiro atoms. The molecule has 2 N–H and O–H groups in total. The summed E-state index contributed by atoms with van der Waals surface area (Å²) in [4.78, 5) is 12.3. The van der Waals surface area contributed by atoms with Crippen LogP contribution in [0.15, 0.2) is 18.5 Å². The number of amides is 2. The molecule has 2 aromatic rings. The van der Waals surface area contributed by atoms with Crippen LogP contribution in [-0.2, 0) is 0 Å². The first-order valence-corrected chi connectivity index (χ1v) is 7.91. The van der Waals surface area contributed by atoms with Crippen molar-refractivity contribution in [3.05, 3.63) is 40.4 Å². The minimum Gasteiger partial charge on any atom is -0.328 e. The van der Waals surface area contributed by atoms with Crippen LogP contribution in [0.5, 0.6) is 0 Å². The van der Waals surface area contributed by atoms with Gasteiger partial charge in [0.2, 0.25) is 0 Å². The van der Waals surface area contributed by atoms with Gasteiger partial charge in [-0.2, -0.15) is 0 Å². The van der Waals surface area contributed by atoms with Gasteiger partial charge in [-0.25, -0.2) is 4.79 Å². The second kappa shape index (κ2) is 7.00. The largest absolute Gasteiger partial charge is 0.328 e. The smallest absolute Gasteiger partial charge is 0.319 e. The van der Waals surface area contributed by atoms with Crippen LogP contribution < -0.4 is 10.6 Å². The Balaban J connectivity index is 2.09. The lowest BCUT2D eigenvalue weighted by molar-refractivity contribution is 0.248. The molecule has 124 valence electrons. The summed E-state index contributed by atoms with van der Waals surface area (Å²) in [7, 11) is 0. The molecule has 1 heterocycles. The maximum Gasteiger partial charge on any atom is 0.319 e. The summed E-state index contributed by atoms with van der Waals surface area (Å²) >= 11 is 6.21. The lowest BCUT2D eigenvalue weighted by Gasteiger charge is -2.18. The summed E-state index contributed by atoms with van der Waals surface area (Å²) in [5.41, 5.74) is 2.59. The first-order chi connectivity index (χ1) is 10.8. The molecule has 7 heteroatoms. The van der Waals surface area contributed by atoms with Crippen molar-refractivity contribution in [2.24, 2.45) is 0 Å². The van der Waals surface area contributed by atoms with Crippen molar-refractivity contribution in [3.8, 4) is 0 Å². The monoisotopic (exact) mass is 335 g/mol. The number of aromatic nitrogens is 3. The fourth-order valence-electron chi connectivity index (χ4n) is 2.44. The standard InChI is InChI=1S/C16H22ClN5O/c1-9(2)22-8-18-21-15(22)12(5)19-16(23)20-14-11(4)6-10(3)7-13(14)17/h6-9,12H,1-5H3,(H2,19,20,23)/t12-/m1/s1. The molecular formula is C16H22ClN5O. The molecule has 0 aliphatic carbocycles. The number of carbonyl (C=O) groups excluding carboxylic acids is 1. The highest BCUT2D eigenvalue weighted by atomic mass is 35.5. The highest BCUT2D eigenvalue weighted by Gasteiger charge is 2.18. The summed E-state index contributed by atoms with van der Waals surface area (Å²) in [6, 6.07) is 3.42. The second-order valence-electron chi connectivity index (χ2n) is 5.95. The van der Waals surface area contributed by atoms with Gasteiger partial charge in [0.25, 0.3) is 0 Å². The lowest BCUT2D eigenvalue weighted by Crippen LogP contribution is -2.33. The average molecular weight is 336 g/mol. The van der Waals surface area contributed by atoms with E-state index in [1.54, 1.807) is 6.33 Å². The number of urea groups is 1. The molecule has 0 radical (unpaired) electrons. The molecule has 0 bridgehead atoms. The Bertz CT molecular complexity index is 687. The topological polar surface area (TPSA) is 71.8 Å². The number of anilines is 1. The number of hydrogen-bond acceptors (Lipinski definition) is 3. The van der Waals surface area contributed by atoms with E-state index in [0.717, 1.165) is 11.1 Å². The molecule has 2 amide bonds. The number of benzene rings is 1. The van der Waals surface area contributed by atoms with E-state index < -0.39 is 0 Å². The van der Waals surface area contributed by atoms with E-state index >= 15 is 0 Å². The fraction of sp³-hybridized carbons (Fsp3) is 0.438. The summed E-state index contributed by atoms with van der Waals surface area (Å²) in [5.74, 6) is 0.710. The van der Waals surface area contributed by atoms with Crippen molar-refractivity contribution in [1.82, 2.24) is 20.1 Å². The number of carbonyl (C=O) groups is 1. The minimum absolute atomic E-state index is 0.223. The number of rotatable bonds is 4. The van der Waals surface area contributed by atoms with Crippen LogP contribution >= 0.6 is 11.6 Å². The van der Waals surface area contributed by atoms with E-state index in [9.17, 15) is 4.79 Å². The zero-order valence-electron chi connectivity index (χ0n) is 14.0. The Morgan fingerprint density at radius 3 is 2.57 bits per heavy atom. The summed E-state index contributed by atoms with van der Waals surface area (Å²) in [6.07, 6.45) is 1.66. The highest BCUT2D eigenvalue weighted by molar-refractivity contribution is 6.34. The van der Waals surface area contributed by atoms with Gasteiger partial charge in [0.05, 0.1) is 16.8 Å². The normalized spacial score (nSPS) is 12.3.